The van der Waals surface area contributed by atoms with Crippen LogP contribution in [-0.4, -0.2) is 16.8 Å². The Balaban J connectivity index is 2.44. The van der Waals surface area contributed by atoms with Gasteiger partial charge < -0.3 is 4.74 Å². The summed E-state index contributed by atoms with van der Waals surface area (Å²) in [5.41, 5.74) is 1.19. The van der Waals surface area contributed by atoms with E-state index in [0.717, 1.165) is 13.0 Å². The molecule has 2 rings (SSSR count). The number of fused-ring (bicyclic) bond motifs is 1. The Labute approximate surface area is 65.4 Å². The molecule has 1 aromatic heterocycles. The molecule has 1 aliphatic rings. The molecule has 58 valence electrons. The van der Waals surface area contributed by atoms with Crippen molar-refractivity contribution >= 4 is 0 Å². The Morgan fingerprint density at radius 2 is 2.55 bits per heavy atom. The highest BCUT2D eigenvalue weighted by Gasteiger charge is 2.17. The molecule has 1 atom stereocenters. The van der Waals surface area contributed by atoms with E-state index >= 15 is 0 Å². The molecule has 2 heterocycles. The van der Waals surface area contributed by atoms with Gasteiger partial charge in [-0.05, 0) is 18.4 Å². The zero-order valence-electron chi connectivity index (χ0n) is 6.45. The van der Waals surface area contributed by atoms with Crippen LogP contribution in [0.1, 0.15) is 24.8 Å². The molecule has 3 heteroatoms. The third-order valence-electron chi connectivity index (χ3n) is 2.04. The van der Waals surface area contributed by atoms with E-state index in [1.54, 1.807) is 6.20 Å². The van der Waals surface area contributed by atoms with Crippen molar-refractivity contribution in [2.24, 2.45) is 0 Å². The van der Waals surface area contributed by atoms with Crippen LogP contribution in [0, 0.1) is 0 Å². The second-order valence-electron chi connectivity index (χ2n) is 2.83. The lowest BCUT2D eigenvalue weighted by molar-refractivity contribution is 0.257. The molecule has 0 fully saturated rings. The predicted molar refractivity (Wildman–Crippen MR) is 40.6 cm³/mol. The van der Waals surface area contributed by atoms with Gasteiger partial charge in [0, 0.05) is 5.56 Å². The molecule has 0 saturated carbocycles. The Bertz CT molecular complexity index is 262. The SMILES string of the molecule is CC1CCOc2nnccc21. The highest BCUT2D eigenvalue weighted by Crippen LogP contribution is 2.29. The van der Waals surface area contributed by atoms with Gasteiger partial charge >= 0.3 is 0 Å². The maximum atomic E-state index is 5.32. The summed E-state index contributed by atoms with van der Waals surface area (Å²) >= 11 is 0. The Kier molecular flexibility index (Phi) is 1.49. The molecule has 0 aromatic carbocycles. The highest BCUT2D eigenvalue weighted by atomic mass is 16.5. The first-order chi connectivity index (χ1) is 5.38. The van der Waals surface area contributed by atoms with Crippen molar-refractivity contribution in [2.75, 3.05) is 6.61 Å². The lowest BCUT2D eigenvalue weighted by Crippen LogP contribution is -2.13. The number of hydrogen-bond acceptors (Lipinski definition) is 3. The molecular formula is C8H10N2O. The molecule has 0 spiro atoms. The number of rotatable bonds is 0. The molecule has 0 amide bonds. The minimum absolute atomic E-state index is 0.564. The molecular weight excluding hydrogens is 140 g/mol. The molecule has 1 aromatic rings. The summed E-state index contributed by atoms with van der Waals surface area (Å²) in [5, 5.41) is 7.65. The molecule has 11 heavy (non-hydrogen) atoms. The van der Waals surface area contributed by atoms with E-state index in [-0.39, 0.29) is 0 Å². The van der Waals surface area contributed by atoms with Crippen LogP contribution in [0.25, 0.3) is 0 Å². The summed E-state index contributed by atoms with van der Waals surface area (Å²) in [5.74, 6) is 1.28. The van der Waals surface area contributed by atoms with Crippen LogP contribution in [0.2, 0.25) is 0 Å². The fourth-order valence-electron chi connectivity index (χ4n) is 1.30. The largest absolute Gasteiger partial charge is 0.476 e. The molecule has 0 radical (unpaired) electrons. The summed E-state index contributed by atoms with van der Waals surface area (Å²) in [6, 6.07) is 1.98. The minimum atomic E-state index is 0.564. The Morgan fingerprint density at radius 3 is 3.36 bits per heavy atom. The molecule has 0 bridgehead atoms. The van der Waals surface area contributed by atoms with Crippen molar-refractivity contribution in [1.82, 2.24) is 10.2 Å². The summed E-state index contributed by atoms with van der Waals surface area (Å²) in [4.78, 5) is 0. The van der Waals surface area contributed by atoms with Crippen molar-refractivity contribution < 1.29 is 4.74 Å². The lowest BCUT2D eigenvalue weighted by atomic mass is 9.98. The van der Waals surface area contributed by atoms with E-state index in [1.165, 1.54) is 5.56 Å². The fraction of sp³-hybridized carbons (Fsp3) is 0.500. The van der Waals surface area contributed by atoms with E-state index in [4.69, 9.17) is 4.74 Å². The normalized spacial score (nSPS) is 22.1. The van der Waals surface area contributed by atoms with E-state index in [0.29, 0.717) is 11.8 Å². The fourth-order valence-corrected chi connectivity index (χ4v) is 1.30. The quantitative estimate of drug-likeness (QED) is 0.560. The second-order valence-corrected chi connectivity index (χ2v) is 2.83. The number of hydrogen-bond donors (Lipinski definition) is 0. The summed E-state index contributed by atoms with van der Waals surface area (Å²) in [7, 11) is 0. The van der Waals surface area contributed by atoms with Crippen LogP contribution in [-0.2, 0) is 0 Å². The Hall–Kier alpha value is -1.12. The topological polar surface area (TPSA) is 35.0 Å². The summed E-state index contributed by atoms with van der Waals surface area (Å²) in [6.45, 7) is 2.95. The van der Waals surface area contributed by atoms with Crippen molar-refractivity contribution in [3.05, 3.63) is 17.8 Å². The minimum Gasteiger partial charge on any atom is -0.476 e. The number of aromatic nitrogens is 2. The van der Waals surface area contributed by atoms with Gasteiger partial charge in [-0.1, -0.05) is 6.92 Å². The van der Waals surface area contributed by atoms with Gasteiger partial charge in [-0.3, -0.25) is 0 Å². The van der Waals surface area contributed by atoms with Gasteiger partial charge in [-0.15, -0.1) is 5.10 Å². The predicted octanol–water partition coefficient (Wildman–Crippen LogP) is 1.36. The van der Waals surface area contributed by atoms with E-state index in [9.17, 15) is 0 Å². The first kappa shape index (κ1) is 6.58. The molecule has 3 nitrogen and oxygen atoms in total. The first-order valence-electron chi connectivity index (χ1n) is 3.82. The van der Waals surface area contributed by atoms with Crippen LogP contribution in [0.3, 0.4) is 0 Å². The van der Waals surface area contributed by atoms with Crippen LogP contribution in [0.15, 0.2) is 12.3 Å². The van der Waals surface area contributed by atoms with Crippen molar-refractivity contribution in [3.8, 4) is 5.88 Å². The number of ether oxygens (including phenoxy) is 1. The zero-order chi connectivity index (χ0) is 7.68. The van der Waals surface area contributed by atoms with Gasteiger partial charge in [0.05, 0.1) is 12.8 Å². The second kappa shape index (κ2) is 2.49. The standard InChI is InChI=1S/C8H10N2O/c1-6-3-5-11-8-7(6)2-4-9-10-8/h2,4,6H,3,5H2,1H3. The molecule has 0 N–H and O–H groups in total. The van der Waals surface area contributed by atoms with Crippen LogP contribution in [0.4, 0.5) is 0 Å². The lowest BCUT2D eigenvalue weighted by Gasteiger charge is -2.20. The van der Waals surface area contributed by atoms with Crippen molar-refractivity contribution in [1.29, 1.82) is 0 Å². The van der Waals surface area contributed by atoms with Gasteiger partial charge in [-0.25, -0.2) is 0 Å². The smallest absolute Gasteiger partial charge is 0.236 e. The summed E-state index contributed by atoms with van der Waals surface area (Å²) < 4.78 is 5.32. The van der Waals surface area contributed by atoms with Crippen LogP contribution in [0.5, 0.6) is 5.88 Å². The maximum absolute atomic E-state index is 5.32. The zero-order valence-corrected chi connectivity index (χ0v) is 6.45. The van der Waals surface area contributed by atoms with E-state index < -0.39 is 0 Å². The molecule has 1 unspecified atom stereocenters. The highest BCUT2D eigenvalue weighted by molar-refractivity contribution is 5.28. The number of nitrogens with zero attached hydrogens (tertiary/aromatic N) is 2. The average molecular weight is 150 g/mol. The average Bonchev–Trinajstić information content (AvgIpc) is 2.06. The first-order valence-corrected chi connectivity index (χ1v) is 3.82. The third-order valence-corrected chi connectivity index (χ3v) is 2.04. The van der Waals surface area contributed by atoms with Gasteiger partial charge in [0.2, 0.25) is 5.88 Å². The van der Waals surface area contributed by atoms with E-state index in [1.807, 2.05) is 6.07 Å². The summed E-state index contributed by atoms with van der Waals surface area (Å²) in [6.07, 6.45) is 2.79. The Morgan fingerprint density at radius 1 is 1.64 bits per heavy atom. The molecule has 0 aliphatic carbocycles. The van der Waals surface area contributed by atoms with Crippen molar-refractivity contribution in [2.45, 2.75) is 19.3 Å². The molecule has 0 saturated heterocycles. The van der Waals surface area contributed by atoms with Crippen LogP contribution >= 0.6 is 0 Å². The van der Waals surface area contributed by atoms with Gasteiger partial charge in [0.15, 0.2) is 0 Å². The van der Waals surface area contributed by atoms with Gasteiger partial charge in [0.1, 0.15) is 0 Å². The van der Waals surface area contributed by atoms with Crippen molar-refractivity contribution in [3.63, 3.8) is 0 Å². The monoisotopic (exact) mass is 150 g/mol. The molecule has 1 aliphatic heterocycles. The van der Waals surface area contributed by atoms with Crippen LogP contribution < -0.4 is 4.74 Å². The maximum Gasteiger partial charge on any atom is 0.236 e. The van der Waals surface area contributed by atoms with Gasteiger partial charge in [-0.2, -0.15) is 5.10 Å². The van der Waals surface area contributed by atoms with E-state index in [2.05, 4.69) is 17.1 Å². The third kappa shape index (κ3) is 1.06. The van der Waals surface area contributed by atoms with Gasteiger partial charge in [0.25, 0.3) is 0 Å².